The van der Waals surface area contributed by atoms with Crippen molar-refractivity contribution in [3.8, 4) is 0 Å². The molecule has 1 aliphatic carbocycles. The van der Waals surface area contributed by atoms with Crippen molar-refractivity contribution in [2.45, 2.75) is 25.9 Å². The fraction of sp³-hybridized carbons (Fsp3) is 0.500. The molecule has 0 radical (unpaired) electrons. The van der Waals surface area contributed by atoms with E-state index in [2.05, 4.69) is 51.4 Å². The Morgan fingerprint density at radius 2 is 2.50 bits per heavy atom. The summed E-state index contributed by atoms with van der Waals surface area (Å²) in [6, 6.07) is 0. The van der Waals surface area contributed by atoms with E-state index in [4.69, 9.17) is 5.73 Å². The number of nitrogens with one attached hydrogen (secondary N) is 1. The molecule has 1 rings (SSSR count). The third-order valence-electron chi connectivity index (χ3n) is 1.99. The van der Waals surface area contributed by atoms with E-state index >= 15 is 0 Å². The number of nitrogens with zero attached hydrogens (tertiary/aromatic N) is 1. The van der Waals surface area contributed by atoms with E-state index in [1.54, 1.807) is 0 Å². The number of nitrogens with two attached hydrogens (primary N) is 1. The van der Waals surface area contributed by atoms with Gasteiger partial charge in [0.05, 0.1) is 0 Å². The predicted molar refractivity (Wildman–Crippen MR) is 64.5 cm³/mol. The molecule has 0 saturated carbocycles. The maximum Gasteiger partial charge on any atom is 0.165 e. The minimum absolute atomic E-state index is 0.0177. The van der Waals surface area contributed by atoms with Gasteiger partial charge in [0.1, 0.15) is 6.17 Å². The molecule has 1 atom stereocenters. The molecule has 0 amide bonds. The van der Waals surface area contributed by atoms with Gasteiger partial charge in [0.25, 0.3) is 0 Å². The van der Waals surface area contributed by atoms with Crippen molar-refractivity contribution >= 4 is 20.7 Å². The number of likely N-dealkylation sites (N-methyl/N-ethyl adjacent to an activating group) is 1. The molecule has 0 aliphatic heterocycles. The monoisotopic (exact) mass is 257 g/mol. The normalized spacial score (nSPS) is 19.3. The molecule has 78 valence electrons. The minimum Gasteiger partial charge on any atom is -0.378 e. The average Bonchev–Trinajstić information content (AvgIpc) is 2.18. The lowest BCUT2D eigenvalue weighted by Crippen LogP contribution is -2.30. The summed E-state index contributed by atoms with van der Waals surface area (Å²) < 4.78 is 0.434. The van der Waals surface area contributed by atoms with Crippen LogP contribution in [0, 0.1) is 0 Å². The minimum atomic E-state index is -0.0177. The summed E-state index contributed by atoms with van der Waals surface area (Å²) in [6.45, 7) is 2.93. The molecular formula is C10H16BrN3. The van der Waals surface area contributed by atoms with E-state index in [0.29, 0.717) is 4.74 Å². The number of halogens is 1. The van der Waals surface area contributed by atoms with Crippen molar-refractivity contribution in [1.82, 2.24) is 5.32 Å². The van der Waals surface area contributed by atoms with Crippen molar-refractivity contribution in [3.63, 3.8) is 0 Å². The summed E-state index contributed by atoms with van der Waals surface area (Å²) in [5.74, 6) is 0. The first-order valence-corrected chi connectivity index (χ1v) is 5.62. The number of hydrogen-bond acceptors (Lipinski definition) is 2. The summed E-state index contributed by atoms with van der Waals surface area (Å²) in [6.07, 6.45) is 8.67. The second-order valence-corrected chi connectivity index (χ2v) is 3.91. The van der Waals surface area contributed by atoms with E-state index < -0.39 is 0 Å². The van der Waals surface area contributed by atoms with E-state index in [1.165, 1.54) is 5.57 Å². The first-order chi connectivity index (χ1) is 6.74. The van der Waals surface area contributed by atoms with Gasteiger partial charge in [-0.15, -0.1) is 0 Å². The topological polar surface area (TPSA) is 50.4 Å². The number of rotatable bonds is 4. The largest absolute Gasteiger partial charge is 0.378 e. The van der Waals surface area contributed by atoms with Crippen LogP contribution in [0.4, 0.5) is 0 Å². The molecule has 1 unspecified atom stereocenters. The lowest BCUT2D eigenvalue weighted by Gasteiger charge is -2.16. The van der Waals surface area contributed by atoms with Crippen LogP contribution < -0.4 is 11.1 Å². The van der Waals surface area contributed by atoms with Crippen LogP contribution >= 0.6 is 15.9 Å². The van der Waals surface area contributed by atoms with Gasteiger partial charge in [0.15, 0.2) is 4.74 Å². The van der Waals surface area contributed by atoms with Gasteiger partial charge < -0.3 is 5.73 Å². The molecule has 0 bridgehead atoms. The van der Waals surface area contributed by atoms with Crippen molar-refractivity contribution in [2.24, 2.45) is 10.7 Å². The average molecular weight is 258 g/mol. The first-order valence-electron chi connectivity index (χ1n) is 4.82. The number of amidine groups is 1. The van der Waals surface area contributed by atoms with Crippen LogP contribution in [0.1, 0.15) is 19.8 Å². The van der Waals surface area contributed by atoms with Crippen molar-refractivity contribution in [1.29, 1.82) is 0 Å². The Kier molecular flexibility index (Phi) is 4.90. The van der Waals surface area contributed by atoms with E-state index in [0.717, 1.165) is 19.4 Å². The Morgan fingerprint density at radius 1 is 1.71 bits per heavy atom. The molecule has 3 N–H and O–H groups in total. The summed E-state index contributed by atoms with van der Waals surface area (Å²) in [7, 11) is 0. The lowest BCUT2D eigenvalue weighted by molar-refractivity contribution is 0.618. The zero-order valence-electron chi connectivity index (χ0n) is 8.33. The predicted octanol–water partition coefficient (Wildman–Crippen LogP) is 1.91. The quantitative estimate of drug-likeness (QED) is 0.459. The maximum absolute atomic E-state index is 5.51. The van der Waals surface area contributed by atoms with E-state index in [1.807, 2.05) is 0 Å². The maximum atomic E-state index is 5.51. The third-order valence-corrected chi connectivity index (χ3v) is 2.19. The molecular weight excluding hydrogens is 242 g/mol. The van der Waals surface area contributed by atoms with Crippen LogP contribution in [0.5, 0.6) is 0 Å². The van der Waals surface area contributed by atoms with Gasteiger partial charge in [0.2, 0.25) is 0 Å². The van der Waals surface area contributed by atoms with E-state index in [9.17, 15) is 0 Å². The zero-order valence-corrected chi connectivity index (χ0v) is 9.92. The first kappa shape index (κ1) is 11.5. The molecule has 0 spiro atoms. The van der Waals surface area contributed by atoms with Crippen molar-refractivity contribution in [2.75, 3.05) is 6.54 Å². The Morgan fingerprint density at radius 3 is 3.00 bits per heavy atom. The van der Waals surface area contributed by atoms with Crippen LogP contribution in [0.3, 0.4) is 0 Å². The van der Waals surface area contributed by atoms with Crippen LogP contribution in [-0.2, 0) is 0 Å². The van der Waals surface area contributed by atoms with Gasteiger partial charge in [-0.05, 0) is 40.9 Å². The van der Waals surface area contributed by atoms with Gasteiger partial charge in [-0.3, -0.25) is 5.32 Å². The fourth-order valence-electron chi connectivity index (χ4n) is 1.39. The highest BCUT2D eigenvalue weighted by molar-refractivity contribution is 9.18. The van der Waals surface area contributed by atoms with Crippen LogP contribution in [-0.4, -0.2) is 17.5 Å². The number of hydrogen-bond donors (Lipinski definition) is 2. The standard InChI is InChI=1S/C10H16BrN3/c1-2-13-9(14-10(11)12)8-6-4-3-5-7-8/h4,6-7,9,13H,2-3,5H2,1H3,(H2,12,14). The van der Waals surface area contributed by atoms with Crippen molar-refractivity contribution < 1.29 is 0 Å². The highest BCUT2D eigenvalue weighted by Crippen LogP contribution is 2.14. The summed E-state index contributed by atoms with van der Waals surface area (Å²) >= 11 is 3.15. The van der Waals surface area contributed by atoms with E-state index in [-0.39, 0.29) is 6.17 Å². The van der Waals surface area contributed by atoms with Gasteiger partial charge >= 0.3 is 0 Å². The molecule has 0 heterocycles. The van der Waals surface area contributed by atoms with Gasteiger partial charge in [-0.25, -0.2) is 4.99 Å². The molecule has 1 aliphatic rings. The van der Waals surface area contributed by atoms with Crippen LogP contribution in [0.2, 0.25) is 0 Å². The van der Waals surface area contributed by atoms with Crippen molar-refractivity contribution in [3.05, 3.63) is 23.8 Å². The molecule has 0 fully saturated rings. The Balaban J connectivity index is 2.71. The third kappa shape index (κ3) is 3.64. The highest BCUT2D eigenvalue weighted by atomic mass is 79.9. The lowest BCUT2D eigenvalue weighted by atomic mass is 10.1. The zero-order chi connectivity index (χ0) is 10.4. The number of allylic oxidation sites excluding steroid dienone is 2. The Labute approximate surface area is 93.3 Å². The second-order valence-electron chi connectivity index (χ2n) is 3.10. The molecule has 0 aromatic carbocycles. The second kappa shape index (κ2) is 5.98. The molecule has 0 saturated heterocycles. The van der Waals surface area contributed by atoms with Crippen LogP contribution in [0.25, 0.3) is 0 Å². The summed E-state index contributed by atoms with van der Waals surface area (Å²) in [4.78, 5) is 4.27. The molecule has 0 aromatic heterocycles. The summed E-state index contributed by atoms with van der Waals surface area (Å²) in [5, 5.41) is 3.27. The van der Waals surface area contributed by atoms with Gasteiger partial charge in [0, 0.05) is 0 Å². The van der Waals surface area contributed by atoms with Gasteiger partial charge in [-0.2, -0.15) is 0 Å². The molecule has 0 aromatic rings. The van der Waals surface area contributed by atoms with Gasteiger partial charge in [-0.1, -0.05) is 25.2 Å². The Bertz CT molecular complexity index is 265. The highest BCUT2D eigenvalue weighted by Gasteiger charge is 2.10. The van der Waals surface area contributed by atoms with Crippen LogP contribution in [0.15, 0.2) is 28.8 Å². The Hall–Kier alpha value is -0.610. The summed E-state index contributed by atoms with van der Waals surface area (Å²) in [5.41, 5.74) is 6.70. The number of aliphatic imine (C=N–C) groups is 1. The molecule has 4 heteroatoms. The molecule has 3 nitrogen and oxygen atoms in total. The molecule has 14 heavy (non-hydrogen) atoms. The fourth-order valence-corrected chi connectivity index (χ4v) is 1.60. The smallest absolute Gasteiger partial charge is 0.165 e. The SMILES string of the molecule is CCNC(N=C(N)Br)C1=CCCC=C1.